The molecule has 2 aliphatic heterocycles. The first-order valence-corrected chi connectivity index (χ1v) is 7.21. The van der Waals surface area contributed by atoms with Crippen molar-refractivity contribution in [3.05, 3.63) is 11.9 Å². The van der Waals surface area contributed by atoms with E-state index >= 15 is 0 Å². The van der Waals surface area contributed by atoms with Gasteiger partial charge in [-0.2, -0.15) is 0 Å². The monoisotopic (exact) mass is 289 g/mol. The van der Waals surface area contributed by atoms with E-state index in [0.29, 0.717) is 25.3 Å². The zero-order valence-corrected chi connectivity index (χ0v) is 12.3. The third kappa shape index (κ3) is 2.55. The molecule has 0 aromatic carbocycles. The molecule has 7 heteroatoms. The smallest absolute Gasteiger partial charge is 0.228 e. The van der Waals surface area contributed by atoms with E-state index in [0.717, 1.165) is 24.5 Å². The van der Waals surface area contributed by atoms with Crippen LogP contribution >= 0.6 is 0 Å². The Balaban J connectivity index is 1.83. The lowest BCUT2D eigenvalue weighted by atomic mass is 9.97. The van der Waals surface area contributed by atoms with E-state index in [1.807, 2.05) is 11.8 Å². The second kappa shape index (κ2) is 5.31. The molecule has 2 aliphatic rings. The first kappa shape index (κ1) is 13.8. The second-order valence-electron chi connectivity index (χ2n) is 5.61. The van der Waals surface area contributed by atoms with Gasteiger partial charge in [-0.05, 0) is 6.42 Å². The fourth-order valence-corrected chi connectivity index (χ4v) is 2.84. The minimum atomic E-state index is -0.0687. The van der Waals surface area contributed by atoms with E-state index in [-0.39, 0.29) is 17.7 Å². The third-order valence-corrected chi connectivity index (χ3v) is 4.15. The molecular formula is C14H19N5O2. The SMILES string of the molecule is CC(=O)N1CCN(c2ncnc3c2CC(C)C(=O)N3)CC1. The largest absolute Gasteiger partial charge is 0.353 e. The predicted molar refractivity (Wildman–Crippen MR) is 78.0 cm³/mol. The molecule has 0 aliphatic carbocycles. The van der Waals surface area contributed by atoms with Crippen LogP contribution in [-0.4, -0.2) is 52.9 Å². The number of aromatic nitrogens is 2. The van der Waals surface area contributed by atoms with Crippen molar-refractivity contribution >= 4 is 23.5 Å². The van der Waals surface area contributed by atoms with Crippen LogP contribution in [0.2, 0.25) is 0 Å². The fourth-order valence-electron chi connectivity index (χ4n) is 2.84. The molecule has 1 atom stereocenters. The number of hydrogen-bond acceptors (Lipinski definition) is 5. The van der Waals surface area contributed by atoms with Gasteiger partial charge in [0.05, 0.1) is 0 Å². The van der Waals surface area contributed by atoms with Gasteiger partial charge in [-0.15, -0.1) is 0 Å². The van der Waals surface area contributed by atoms with Crippen LogP contribution in [0.4, 0.5) is 11.6 Å². The van der Waals surface area contributed by atoms with Crippen LogP contribution in [0, 0.1) is 5.92 Å². The van der Waals surface area contributed by atoms with Crippen LogP contribution in [0.25, 0.3) is 0 Å². The number of amides is 2. The van der Waals surface area contributed by atoms with Gasteiger partial charge in [0.1, 0.15) is 18.0 Å². The van der Waals surface area contributed by atoms with Crippen LogP contribution in [0.3, 0.4) is 0 Å². The Kier molecular flexibility index (Phi) is 3.48. The molecule has 0 radical (unpaired) electrons. The number of nitrogens with zero attached hydrogens (tertiary/aromatic N) is 4. The Labute approximate surface area is 123 Å². The average molecular weight is 289 g/mol. The number of hydrogen-bond donors (Lipinski definition) is 1. The molecule has 3 heterocycles. The van der Waals surface area contributed by atoms with Crippen LogP contribution in [-0.2, 0) is 16.0 Å². The highest BCUT2D eigenvalue weighted by Gasteiger charge is 2.29. The summed E-state index contributed by atoms with van der Waals surface area (Å²) in [6.07, 6.45) is 2.14. The molecule has 0 spiro atoms. The number of fused-ring (bicyclic) bond motifs is 1. The normalized spacial score (nSPS) is 21.8. The number of anilines is 2. The van der Waals surface area contributed by atoms with Crippen molar-refractivity contribution in [2.75, 3.05) is 36.4 Å². The summed E-state index contributed by atoms with van der Waals surface area (Å²) < 4.78 is 0. The summed E-state index contributed by atoms with van der Waals surface area (Å²) in [6, 6.07) is 0. The van der Waals surface area contributed by atoms with Gasteiger partial charge >= 0.3 is 0 Å². The molecule has 1 N–H and O–H groups in total. The highest BCUT2D eigenvalue weighted by molar-refractivity contribution is 5.95. The van der Waals surface area contributed by atoms with Crippen molar-refractivity contribution in [1.29, 1.82) is 0 Å². The van der Waals surface area contributed by atoms with Gasteiger partial charge in [-0.3, -0.25) is 9.59 Å². The van der Waals surface area contributed by atoms with Crippen molar-refractivity contribution < 1.29 is 9.59 Å². The Morgan fingerprint density at radius 2 is 2.00 bits per heavy atom. The molecule has 7 nitrogen and oxygen atoms in total. The predicted octanol–water partition coefficient (Wildman–Crippen LogP) is 0.276. The average Bonchev–Trinajstić information content (AvgIpc) is 2.48. The standard InChI is InChI=1S/C14H19N5O2/c1-9-7-11-12(17-14(9)21)15-8-16-13(11)19-5-3-18(4-6-19)10(2)20/h8-9H,3-7H2,1-2H3,(H,15,16,17,21). The lowest BCUT2D eigenvalue weighted by Crippen LogP contribution is -2.48. The molecule has 112 valence electrons. The molecule has 1 fully saturated rings. The topological polar surface area (TPSA) is 78.4 Å². The Morgan fingerprint density at radius 1 is 1.29 bits per heavy atom. The van der Waals surface area contributed by atoms with E-state index in [9.17, 15) is 9.59 Å². The Hall–Kier alpha value is -2.18. The minimum Gasteiger partial charge on any atom is -0.353 e. The van der Waals surface area contributed by atoms with Crippen LogP contribution in [0.15, 0.2) is 6.33 Å². The number of piperazine rings is 1. The summed E-state index contributed by atoms with van der Waals surface area (Å²) in [5, 5.41) is 2.83. The first-order valence-electron chi connectivity index (χ1n) is 7.21. The minimum absolute atomic E-state index is 0.00792. The van der Waals surface area contributed by atoms with Crippen LogP contribution < -0.4 is 10.2 Å². The lowest BCUT2D eigenvalue weighted by Gasteiger charge is -2.36. The van der Waals surface area contributed by atoms with Gasteiger partial charge in [0.2, 0.25) is 11.8 Å². The highest BCUT2D eigenvalue weighted by atomic mass is 16.2. The van der Waals surface area contributed by atoms with Gasteiger partial charge in [-0.25, -0.2) is 9.97 Å². The van der Waals surface area contributed by atoms with Gasteiger partial charge < -0.3 is 15.1 Å². The molecule has 3 rings (SSSR count). The molecule has 0 bridgehead atoms. The van der Waals surface area contributed by atoms with E-state index in [2.05, 4.69) is 20.2 Å². The number of carbonyl (C=O) groups excluding carboxylic acids is 2. The highest BCUT2D eigenvalue weighted by Crippen LogP contribution is 2.30. The van der Waals surface area contributed by atoms with E-state index in [4.69, 9.17) is 0 Å². The maximum Gasteiger partial charge on any atom is 0.228 e. The Morgan fingerprint density at radius 3 is 2.67 bits per heavy atom. The van der Waals surface area contributed by atoms with Gasteiger partial charge in [-0.1, -0.05) is 6.92 Å². The van der Waals surface area contributed by atoms with Gasteiger partial charge in [0, 0.05) is 44.6 Å². The van der Waals surface area contributed by atoms with Crippen molar-refractivity contribution in [2.45, 2.75) is 20.3 Å². The first-order chi connectivity index (χ1) is 10.1. The van der Waals surface area contributed by atoms with Crippen LogP contribution in [0.5, 0.6) is 0 Å². The summed E-state index contributed by atoms with van der Waals surface area (Å²) in [5.41, 5.74) is 1.00. The Bertz CT molecular complexity index is 581. The molecule has 1 aromatic heterocycles. The molecular weight excluding hydrogens is 270 g/mol. The van der Waals surface area contributed by atoms with Crippen molar-refractivity contribution in [3.63, 3.8) is 0 Å². The van der Waals surface area contributed by atoms with Crippen LogP contribution in [0.1, 0.15) is 19.4 Å². The molecule has 21 heavy (non-hydrogen) atoms. The van der Waals surface area contributed by atoms with E-state index in [1.54, 1.807) is 6.92 Å². The number of carbonyl (C=O) groups is 2. The van der Waals surface area contributed by atoms with Crippen molar-refractivity contribution in [1.82, 2.24) is 14.9 Å². The van der Waals surface area contributed by atoms with Gasteiger partial charge in [0.25, 0.3) is 0 Å². The summed E-state index contributed by atoms with van der Waals surface area (Å²) in [7, 11) is 0. The summed E-state index contributed by atoms with van der Waals surface area (Å²) in [5.74, 6) is 1.56. The fraction of sp³-hybridized carbons (Fsp3) is 0.571. The van der Waals surface area contributed by atoms with E-state index in [1.165, 1.54) is 6.33 Å². The summed E-state index contributed by atoms with van der Waals surface area (Å²) in [4.78, 5) is 35.7. The molecule has 0 saturated carbocycles. The van der Waals surface area contributed by atoms with Gasteiger partial charge in [0.15, 0.2) is 0 Å². The number of nitrogens with one attached hydrogen (secondary N) is 1. The molecule has 1 aromatic rings. The third-order valence-electron chi connectivity index (χ3n) is 4.15. The maximum absolute atomic E-state index is 11.7. The molecule has 2 amide bonds. The summed E-state index contributed by atoms with van der Waals surface area (Å²) >= 11 is 0. The zero-order chi connectivity index (χ0) is 15.0. The molecule has 1 unspecified atom stereocenters. The summed E-state index contributed by atoms with van der Waals surface area (Å²) in [6.45, 7) is 6.42. The lowest BCUT2D eigenvalue weighted by molar-refractivity contribution is -0.129. The quantitative estimate of drug-likeness (QED) is 0.803. The second-order valence-corrected chi connectivity index (χ2v) is 5.61. The van der Waals surface area contributed by atoms with Crippen molar-refractivity contribution in [3.8, 4) is 0 Å². The zero-order valence-electron chi connectivity index (χ0n) is 12.3. The van der Waals surface area contributed by atoms with E-state index < -0.39 is 0 Å². The maximum atomic E-state index is 11.7. The number of rotatable bonds is 1. The van der Waals surface area contributed by atoms with Crippen molar-refractivity contribution in [2.24, 2.45) is 5.92 Å². The molecule has 1 saturated heterocycles.